The van der Waals surface area contributed by atoms with E-state index in [9.17, 15) is 9.59 Å². The fourth-order valence-corrected chi connectivity index (χ4v) is 2.94. The van der Waals surface area contributed by atoms with E-state index in [1.54, 1.807) is 55.5 Å². The van der Waals surface area contributed by atoms with E-state index in [1.807, 2.05) is 0 Å². The second-order valence-electron chi connectivity index (χ2n) is 6.22. The first-order chi connectivity index (χ1) is 14.9. The van der Waals surface area contributed by atoms with Gasteiger partial charge in [0.25, 0.3) is 0 Å². The molecule has 2 rings (SSSR count). The van der Waals surface area contributed by atoms with Crippen molar-refractivity contribution in [2.75, 3.05) is 25.1 Å². The Morgan fingerprint density at radius 2 is 1.94 bits per heavy atom. The van der Waals surface area contributed by atoms with E-state index < -0.39 is 24.3 Å². The summed E-state index contributed by atoms with van der Waals surface area (Å²) in [5.74, 6) is -0.686. The van der Waals surface area contributed by atoms with Crippen molar-refractivity contribution in [2.45, 2.75) is 19.1 Å². The number of halogens is 1. The van der Waals surface area contributed by atoms with Crippen LogP contribution in [-0.2, 0) is 14.3 Å². The molecule has 0 saturated heterocycles. The first-order valence-electron chi connectivity index (χ1n) is 9.52. The molecule has 0 aliphatic carbocycles. The van der Waals surface area contributed by atoms with Gasteiger partial charge in [0.1, 0.15) is 18.5 Å². The molecular weight excluding hydrogens is 470 g/mol. The van der Waals surface area contributed by atoms with Crippen molar-refractivity contribution in [1.29, 1.82) is 0 Å². The molecule has 1 amide bonds. The van der Waals surface area contributed by atoms with Gasteiger partial charge >= 0.3 is 12.1 Å². The number of amides is 1. The molecule has 0 fully saturated rings. The van der Waals surface area contributed by atoms with Crippen LogP contribution in [0.5, 0.6) is 5.75 Å². The van der Waals surface area contributed by atoms with E-state index >= 15 is 0 Å². The third-order valence-corrected chi connectivity index (χ3v) is 4.49. The van der Waals surface area contributed by atoms with E-state index in [1.165, 1.54) is 6.08 Å². The Morgan fingerprint density at radius 1 is 1.19 bits per heavy atom. The molecule has 0 aliphatic heterocycles. The van der Waals surface area contributed by atoms with Crippen molar-refractivity contribution in [3.63, 3.8) is 0 Å². The molecule has 0 saturated carbocycles. The average Bonchev–Trinajstić information content (AvgIpc) is 2.75. The normalized spacial score (nSPS) is 12.9. The van der Waals surface area contributed by atoms with Crippen LogP contribution in [0.4, 0.5) is 10.5 Å². The molecule has 2 aromatic rings. The van der Waals surface area contributed by atoms with Gasteiger partial charge in [0.2, 0.25) is 0 Å². The number of carbonyl (C=O) groups excluding carboxylic acids is 1. The predicted octanol–water partition coefficient (Wildman–Crippen LogP) is 4.16. The van der Waals surface area contributed by atoms with Crippen LogP contribution >= 0.6 is 15.9 Å². The van der Waals surface area contributed by atoms with Crippen molar-refractivity contribution in [1.82, 2.24) is 0 Å². The van der Waals surface area contributed by atoms with Crippen molar-refractivity contribution in [3.05, 3.63) is 70.7 Å². The molecule has 166 valence electrons. The molecule has 0 unspecified atom stereocenters. The summed E-state index contributed by atoms with van der Waals surface area (Å²) in [5.41, 5.74) is 1.07. The van der Waals surface area contributed by atoms with Crippen molar-refractivity contribution >= 4 is 33.7 Å². The van der Waals surface area contributed by atoms with Gasteiger partial charge in [-0.25, -0.2) is 9.59 Å². The van der Waals surface area contributed by atoms with Gasteiger partial charge in [-0.15, -0.1) is 0 Å². The topological polar surface area (TPSA) is 114 Å². The predicted molar refractivity (Wildman–Crippen MR) is 118 cm³/mol. The molecule has 0 spiro atoms. The number of carboxylic acid groups (broad SMARTS) is 1. The number of benzene rings is 2. The number of hydrogen-bond acceptors (Lipinski definition) is 6. The van der Waals surface area contributed by atoms with E-state index in [2.05, 4.69) is 21.2 Å². The molecule has 0 heterocycles. The Kier molecular flexibility index (Phi) is 10.0. The summed E-state index contributed by atoms with van der Waals surface area (Å²) in [6.07, 6.45) is -0.281. The molecular formula is C22H24BrNO7. The summed E-state index contributed by atoms with van der Waals surface area (Å²) in [4.78, 5) is 23.6. The van der Waals surface area contributed by atoms with Crippen molar-refractivity contribution < 1.29 is 34.0 Å². The largest absolute Gasteiger partial charge is 0.491 e. The first kappa shape index (κ1) is 24.4. The lowest BCUT2D eigenvalue weighted by atomic mass is 10.0. The van der Waals surface area contributed by atoms with Gasteiger partial charge in [0, 0.05) is 22.8 Å². The summed E-state index contributed by atoms with van der Waals surface area (Å²) >= 11 is 3.33. The number of anilines is 1. The minimum absolute atomic E-state index is 0.104. The number of nitrogens with one attached hydrogen (secondary N) is 1. The van der Waals surface area contributed by atoms with Gasteiger partial charge in [0.05, 0.1) is 6.61 Å². The van der Waals surface area contributed by atoms with Crippen LogP contribution in [-0.4, -0.2) is 48.2 Å². The lowest BCUT2D eigenvalue weighted by molar-refractivity contribution is -0.131. The molecule has 0 aromatic heterocycles. The van der Waals surface area contributed by atoms with E-state index in [0.717, 1.165) is 10.5 Å². The maximum Gasteiger partial charge on any atom is 0.412 e. The van der Waals surface area contributed by atoms with E-state index in [-0.39, 0.29) is 19.8 Å². The number of ether oxygens (including phenoxy) is 3. The molecule has 9 heteroatoms. The van der Waals surface area contributed by atoms with E-state index in [0.29, 0.717) is 17.0 Å². The average molecular weight is 494 g/mol. The Hall–Kier alpha value is -2.88. The lowest BCUT2D eigenvalue weighted by Crippen LogP contribution is -2.28. The fourth-order valence-electron chi connectivity index (χ4n) is 2.68. The minimum atomic E-state index is -1.15. The van der Waals surface area contributed by atoms with Crippen LogP contribution in [0, 0.1) is 0 Å². The molecule has 31 heavy (non-hydrogen) atoms. The van der Waals surface area contributed by atoms with Gasteiger partial charge in [-0.3, -0.25) is 5.32 Å². The number of carboxylic acids is 1. The van der Waals surface area contributed by atoms with Crippen LogP contribution in [0.15, 0.2) is 65.2 Å². The Balaban J connectivity index is 2.30. The lowest BCUT2D eigenvalue weighted by Gasteiger charge is -2.25. The Morgan fingerprint density at radius 3 is 2.58 bits per heavy atom. The zero-order valence-corrected chi connectivity index (χ0v) is 18.4. The summed E-state index contributed by atoms with van der Waals surface area (Å²) in [5, 5.41) is 20.6. The van der Waals surface area contributed by atoms with Crippen LogP contribution in [0.25, 0.3) is 0 Å². The molecule has 8 nitrogen and oxygen atoms in total. The monoisotopic (exact) mass is 493 g/mol. The van der Waals surface area contributed by atoms with Crippen molar-refractivity contribution in [2.24, 2.45) is 0 Å². The van der Waals surface area contributed by atoms with Crippen LogP contribution in [0.2, 0.25) is 0 Å². The smallest absolute Gasteiger partial charge is 0.412 e. The van der Waals surface area contributed by atoms with Gasteiger partial charge in [-0.2, -0.15) is 0 Å². The first-order valence-corrected chi connectivity index (χ1v) is 10.3. The Labute approximate surface area is 188 Å². The molecule has 2 aromatic carbocycles. The number of hydrogen-bond donors (Lipinski definition) is 3. The summed E-state index contributed by atoms with van der Waals surface area (Å²) in [6.45, 7) is 1.97. The highest BCUT2D eigenvalue weighted by Crippen LogP contribution is 2.28. The molecule has 3 N–H and O–H groups in total. The van der Waals surface area contributed by atoms with Gasteiger partial charge < -0.3 is 24.4 Å². The van der Waals surface area contributed by atoms with Crippen LogP contribution in [0.1, 0.15) is 18.6 Å². The third kappa shape index (κ3) is 8.41. The maximum absolute atomic E-state index is 12.6. The Bertz CT molecular complexity index is 886. The highest BCUT2D eigenvalue weighted by molar-refractivity contribution is 9.10. The number of carbonyl (C=O) groups is 2. The van der Waals surface area contributed by atoms with E-state index in [4.69, 9.17) is 24.4 Å². The summed E-state index contributed by atoms with van der Waals surface area (Å²) in [6, 6.07) is 13.7. The molecule has 0 radical (unpaired) electrons. The fraction of sp³-hybridized carbons (Fsp3) is 0.273. The SMILES string of the molecule is CCO[C@@H](/C=C/C(=O)O)[C@@H](OC(=O)Nc1ccc(Br)cc1)c1cccc(OCCO)c1. The molecule has 2 atom stereocenters. The third-order valence-electron chi connectivity index (χ3n) is 3.96. The second-order valence-corrected chi connectivity index (χ2v) is 7.14. The molecule has 0 bridgehead atoms. The highest BCUT2D eigenvalue weighted by Gasteiger charge is 2.27. The highest BCUT2D eigenvalue weighted by atomic mass is 79.9. The van der Waals surface area contributed by atoms with Gasteiger partial charge in [-0.05, 0) is 55.0 Å². The van der Waals surface area contributed by atoms with Gasteiger partial charge in [0.15, 0.2) is 6.10 Å². The summed E-state index contributed by atoms with van der Waals surface area (Å²) in [7, 11) is 0. The zero-order valence-electron chi connectivity index (χ0n) is 16.9. The minimum Gasteiger partial charge on any atom is -0.491 e. The van der Waals surface area contributed by atoms with Crippen molar-refractivity contribution in [3.8, 4) is 5.75 Å². The maximum atomic E-state index is 12.6. The van der Waals surface area contributed by atoms with Gasteiger partial charge in [-0.1, -0.05) is 28.1 Å². The number of aliphatic carboxylic acids is 1. The number of aliphatic hydroxyl groups excluding tert-OH is 1. The molecule has 0 aliphatic rings. The number of aliphatic hydroxyl groups is 1. The number of rotatable bonds is 11. The summed E-state index contributed by atoms with van der Waals surface area (Å²) < 4.78 is 17.6. The zero-order chi connectivity index (χ0) is 22.6. The second kappa shape index (κ2) is 12.7. The van der Waals surface area contributed by atoms with Crippen LogP contribution < -0.4 is 10.1 Å². The quantitative estimate of drug-likeness (QED) is 0.402. The van der Waals surface area contributed by atoms with Crippen LogP contribution in [0.3, 0.4) is 0 Å². The standard InChI is InChI=1S/C22H24BrNO7/c1-2-29-19(10-11-20(26)27)21(15-4-3-5-18(14-15)30-13-12-25)31-22(28)24-17-8-6-16(23)7-9-17/h3-11,14,19,21,25H,2,12-13H2,1H3,(H,24,28)(H,26,27)/b11-10+/t19-,21-/m0/s1.